The Hall–Kier alpha value is -2.70. The molecule has 0 aliphatic rings. The largest absolute Gasteiger partial charge is 0.573 e. The Morgan fingerprint density at radius 1 is 1.19 bits per heavy atom. The first-order valence-electron chi connectivity index (χ1n) is 5.71. The molecule has 0 fully saturated rings. The number of carboxylic acids is 1. The van der Waals surface area contributed by atoms with E-state index in [9.17, 15) is 18.0 Å². The fourth-order valence-corrected chi connectivity index (χ4v) is 1.62. The van der Waals surface area contributed by atoms with Crippen molar-refractivity contribution >= 4 is 12.0 Å². The molecule has 110 valence electrons. The molecule has 0 saturated carbocycles. The van der Waals surface area contributed by atoms with E-state index in [2.05, 4.69) is 4.74 Å². The smallest absolute Gasteiger partial charge is 0.478 e. The molecule has 1 N–H and O–H groups in total. The highest BCUT2D eigenvalue weighted by atomic mass is 19.4. The van der Waals surface area contributed by atoms with Crippen LogP contribution in [0.4, 0.5) is 13.2 Å². The Morgan fingerprint density at radius 3 is 2.57 bits per heavy atom. The third kappa shape index (κ3) is 4.13. The first-order chi connectivity index (χ1) is 9.85. The lowest BCUT2D eigenvalue weighted by Gasteiger charge is -2.11. The van der Waals surface area contributed by atoms with Gasteiger partial charge < -0.3 is 14.3 Å². The van der Waals surface area contributed by atoms with Gasteiger partial charge in [0.15, 0.2) is 0 Å². The standard InChI is InChI=1S/C14H9F3O4/c15-14(16,17)21-12-4-2-1-3-10(12)11-7-5-9(20-11)6-8-13(18)19/h1-8H,(H,18,19)/b8-6+. The zero-order valence-corrected chi connectivity index (χ0v) is 10.4. The van der Waals surface area contributed by atoms with Crippen LogP contribution in [0.15, 0.2) is 46.9 Å². The van der Waals surface area contributed by atoms with Crippen LogP contribution >= 0.6 is 0 Å². The van der Waals surface area contributed by atoms with Crippen LogP contribution in [0.1, 0.15) is 5.76 Å². The number of alkyl halides is 3. The Kier molecular flexibility index (Phi) is 4.02. The van der Waals surface area contributed by atoms with E-state index in [1.165, 1.54) is 36.4 Å². The van der Waals surface area contributed by atoms with Crippen molar-refractivity contribution in [3.05, 3.63) is 48.2 Å². The van der Waals surface area contributed by atoms with E-state index in [-0.39, 0.29) is 17.1 Å². The van der Waals surface area contributed by atoms with Crippen molar-refractivity contribution in [3.8, 4) is 17.1 Å². The SMILES string of the molecule is O=C(O)/C=C/c1ccc(-c2ccccc2OC(F)(F)F)o1. The van der Waals surface area contributed by atoms with Gasteiger partial charge in [0.05, 0.1) is 5.56 Å². The first kappa shape index (κ1) is 14.7. The molecule has 4 nitrogen and oxygen atoms in total. The van der Waals surface area contributed by atoms with Crippen molar-refractivity contribution in [3.63, 3.8) is 0 Å². The summed E-state index contributed by atoms with van der Waals surface area (Å²) < 4.78 is 46.2. The number of ether oxygens (including phenoxy) is 1. The van der Waals surface area contributed by atoms with Crippen LogP contribution in [0.2, 0.25) is 0 Å². The third-order valence-corrected chi connectivity index (χ3v) is 2.40. The van der Waals surface area contributed by atoms with Crippen LogP contribution in [0.3, 0.4) is 0 Å². The van der Waals surface area contributed by atoms with Crippen LogP contribution in [0.5, 0.6) is 5.75 Å². The van der Waals surface area contributed by atoms with Gasteiger partial charge in [0.25, 0.3) is 0 Å². The van der Waals surface area contributed by atoms with Gasteiger partial charge in [-0.1, -0.05) is 12.1 Å². The lowest BCUT2D eigenvalue weighted by molar-refractivity contribution is -0.274. The number of halogens is 3. The molecule has 0 unspecified atom stereocenters. The number of rotatable bonds is 4. The molecule has 0 bridgehead atoms. The molecule has 7 heteroatoms. The van der Waals surface area contributed by atoms with Gasteiger partial charge in [0, 0.05) is 6.08 Å². The number of para-hydroxylation sites is 1. The Labute approximate surface area is 117 Å². The van der Waals surface area contributed by atoms with Crippen molar-refractivity contribution in [1.82, 2.24) is 0 Å². The highest BCUT2D eigenvalue weighted by molar-refractivity contribution is 5.84. The minimum Gasteiger partial charge on any atom is -0.478 e. The summed E-state index contributed by atoms with van der Waals surface area (Å²) in [5.41, 5.74) is 0.116. The molecule has 0 atom stereocenters. The predicted octanol–water partition coefficient (Wildman–Crippen LogP) is 3.94. The second kappa shape index (κ2) is 5.74. The summed E-state index contributed by atoms with van der Waals surface area (Å²) in [6.07, 6.45) is -2.76. The van der Waals surface area contributed by atoms with Crippen molar-refractivity contribution in [1.29, 1.82) is 0 Å². The topological polar surface area (TPSA) is 59.7 Å². The van der Waals surface area contributed by atoms with Gasteiger partial charge in [0.2, 0.25) is 0 Å². The van der Waals surface area contributed by atoms with E-state index in [1.807, 2.05) is 0 Å². The van der Waals surface area contributed by atoms with E-state index in [0.717, 1.165) is 12.1 Å². The number of aliphatic carboxylic acids is 1. The summed E-state index contributed by atoms with van der Waals surface area (Å²) in [4.78, 5) is 10.4. The maximum Gasteiger partial charge on any atom is 0.573 e. The zero-order chi connectivity index (χ0) is 15.5. The summed E-state index contributed by atoms with van der Waals surface area (Å²) in [7, 11) is 0. The van der Waals surface area contributed by atoms with Gasteiger partial charge in [-0.15, -0.1) is 13.2 Å². The van der Waals surface area contributed by atoms with Gasteiger partial charge in [0.1, 0.15) is 17.3 Å². The summed E-state index contributed by atoms with van der Waals surface area (Å²) in [6.45, 7) is 0. The maximum atomic E-state index is 12.3. The molecule has 0 aliphatic heterocycles. The Bertz CT molecular complexity index is 671. The number of furan rings is 1. The lowest BCUT2D eigenvalue weighted by Crippen LogP contribution is -2.17. The molecule has 0 radical (unpaired) electrons. The molecule has 0 saturated heterocycles. The molecular formula is C14H9F3O4. The van der Waals surface area contributed by atoms with E-state index in [4.69, 9.17) is 9.52 Å². The van der Waals surface area contributed by atoms with Gasteiger partial charge >= 0.3 is 12.3 Å². The molecule has 0 spiro atoms. The van der Waals surface area contributed by atoms with Crippen molar-refractivity contribution in [2.75, 3.05) is 0 Å². The highest BCUT2D eigenvalue weighted by Gasteiger charge is 2.32. The van der Waals surface area contributed by atoms with Crippen LogP contribution in [-0.4, -0.2) is 17.4 Å². The summed E-state index contributed by atoms with van der Waals surface area (Å²) in [5, 5.41) is 8.50. The second-order valence-corrected chi connectivity index (χ2v) is 3.92. The zero-order valence-electron chi connectivity index (χ0n) is 10.4. The number of hydrogen-bond donors (Lipinski definition) is 1. The molecule has 1 aromatic heterocycles. The fourth-order valence-electron chi connectivity index (χ4n) is 1.62. The monoisotopic (exact) mass is 298 g/mol. The van der Waals surface area contributed by atoms with Crippen LogP contribution in [0.25, 0.3) is 17.4 Å². The summed E-state index contributed by atoms with van der Waals surface area (Å²) in [6, 6.07) is 8.38. The molecule has 2 rings (SSSR count). The third-order valence-electron chi connectivity index (χ3n) is 2.40. The molecule has 21 heavy (non-hydrogen) atoms. The van der Waals surface area contributed by atoms with Crippen molar-refractivity contribution in [2.45, 2.75) is 6.36 Å². The minimum atomic E-state index is -4.81. The van der Waals surface area contributed by atoms with Gasteiger partial charge in [-0.25, -0.2) is 4.79 Å². The second-order valence-electron chi connectivity index (χ2n) is 3.92. The van der Waals surface area contributed by atoms with Gasteiger partial charge in [-0.3, -0.25) is 0 Å². The normalized spacial score (nSPS) is 11.8. The molecule has 0 amide bonds. The van der Waals surface area contributed by atoms with Gasteiger partial charge in [-0.05, 0) is 30.3 Å². The quantitative estimate of drug-likeness (QED) is 0.868. The predicted molar refractivity (Wildman–Crippen MR) is 67.5 cm³/mol. The molecular weight excluding hydrogens is 289 g/mol. The molecule has 1 heterocycles. The maximum absolute atomic E-state index is 12.3. The van der Waals surface area contributed by atoms with Crippen molar-refractivity contribution in [2.24, 2.45) is 0 Å². The number of carbonyl (C=O) groups is 1. The van der Waals surface area contributed by atoms with E-state index in [1.54, 1.807) is 0 Å². The van der Waals surface area contributed by atoms with Crippen LogP contribution < -0.4 is 4.74 Å². The van der Waals surface area contributed by atoms with Crippen molar-refractivity contribution < 1.29 is 32.2 Å². The first-order valence-corrected chi connectivity index (χ1v) is 5.71. The van der Waals surface area contributed by atoms with Gasteiger partial charge in [-0.2, -0.15) is 0 Å². The van der Waals surface area contributed by atoms with Crippen LogP contribution in [-0.2, 0) is 4.79 Å². The molecule has 0 aliphatic carbocycles. The Morgan fingerprint density at radius 2 is 1.90 bits per heavy atom. The summed E-state index contributed by atoms with van der Waals surface area (Å²) in [5.74, 6) is -1.21. The number of carboxylic acid groups (broad SMARTS) is 1. The van der Waals surface area contributed by atoms with E-state index < -0.39 is 18.1 Å². The summed E-state index contributed by atoms with van der Waals surface area (Å²) >= 11 is 0. The lowest BCUT2D eigenvalue weighted by atomic mass is 10.1. The van der Waals surface area contributed by atoms with E-state index in [0.29, 0.717) is 0 Å². The van der Waals surface area contributed by atoms with Crippen LogP contribution in [0, 0.1) is 0 Å². The highest BCUT2D eigenvalue weighted by Crippen LogP contribution is 2.34. The van der Waals surface area contributed by atoms with E-state index >= 15 is 0 Å². The molecule has 2 aromatic rings. The Balaban J connectivity index is 2.32. The average Bonchev–Trinajstić information content (AvgIpc) is 2.83. The number of hydrogen-bond acceptors (Lipinski definition) is 3. The molecule has 1 aromatic carbocycles. The minimum absolute atomic E-state index is 0.116. The average molecular weight is 298 g/mol. The number of benzene rings is 1. The fraction of sp³-hybridized carbons (Fsp3) is 0.0714.